The molecule has 0 saturated carbocycles. The molecule has 2 aromatic carbocycles. The summed E-state index contributed by atoms with van der Waals surface area (Å²) < 4.78 is 38.4. The molecule has 0 radical (unpaired) electrons. The molecule has 2 aromatic rings. The first-order valence-corrected chi connectivity index (χ1v) is 11.7. The molecule has 29 heavy (non-hydrogen) atoms. The molecule has 0 aliphatic heterocycles. The normalized spacial score (nSPS) is 11.3. The van der Waals surface area contributed by atoms with E-state index in [-0.39, 0.29) is 29.9 Å². The van der Waals surface area contributed by atoms with E-state index >= 15 is 0 Å². The van der Waals surface area contributed by atoms with Crippen molar-refractivity contribution in [1.29, 1.82) is 0 Å². The van der Waals surface area contributed by atoms with Crippen LogP contribution in [0.4, 0.5) is 5.69 Å². The highest BCUT2D eigenvalue weighted by atomic mass is 32.2. The van der Waals surface area contributed by atoms with Gasteiger partial charge in [0.05, 0.1) is 17.7 Å². The summed E-state index contributed by atoms with van der Waals surface area (Å²) in [7, 11) is -2.18. The van der Waals surface area contributed by atoms with Crippen LogP contribution in [0.2, 0.25) is 0 Å². The van der Waals surface area contributed by atoms with Gasteiger partial charge in [0.25, 0.3) is 0 Å². The third kappa shape index (κ3) is 6.66. The van der Waals surface area contributed by atoms with Gasteiger partial charge >= 0.3 is 0 Å². The minimum atomic E-state index is -3.75. The number of anilines is 1. The van der Waals surface area contributed by atoms with E-state index in [0.29, 0.717) is 17.2 Å². The minimum Gasteiger partial charge on any atom is -0.497 e. The number of benzene rings is 2. The summed E-state index contributed by atoms with van der Waals surface area (Å²) >= 11 is 1.43. The van der Waals surface area contributed by atoms with Crippen LogP contribution in [0, 0.1) is 5.92 Å². The number of carbonyl (C=O) groups excluding carboxylic acids is 1. The Morgan fingerprint density at radius 1 is 1.14 bits per heavy atom. The van der Waals surface area contributed by atoms with Gasteiger partial charge < -0.3 is 14.8 Å². The smallest absolute Gasteiger partial charge is 0.240 e. The van der Waals surface area contributed by atoms with Gasteiger partial charge in [-0.05, 0) is 36.6 Å². The van der Waals surface area contributed by atoms with Crippen molar-refractivity contribution in [2.75, 3.05) is 31.8 Å². The lowest BCUT2D eigenvalue weighted by atomic mass is 10.2. The summed E-state index contributed by atoms with van der Waals surface area (Å²) in [5.74, 6) is 0.867. The molecule has 0 aromatic heterocycles. The second-order valence-electron chi connectivity index (χ2n) is 6.43. The topological polar surface area (TPSA) is 93.7 Å². The average Bonchev–Trinajstić information content (AvgIpc) is 2.71. The highest BCUT2D eigenvalue weighted by molar-refractivity contribution is 7.98. The Bertz CT molecular complexity index is 946. The standard InChI is InChI=1S/C20H26N2O5S2/c1-14(2)20(23)22-18-13-17(8-9-19(18)28-4)29(24,25)21-10-11-27-16-7-5-6-15(12-16)26-3/h5-9,12-14,21H,10-11H2,1-4H3,(H,22,23). The first kappa shape index (κ1) is 23.1. The van der Waals surface area contributed by atoms with Crippen molar-refractivity contribution in [3.8, 4) is 11.5 Å². The van der Waals surface area contributed by atoms with E-state index in [2.05, 4.69) is 10.0 Å². The second-order valence-corrected chi connectivity index (χ2v) is 9.05. The molecule has 2 rings (SSSR count). The molecular formula is C20H26N2O5S2. The van der Waals surface area contributed by atoms with Crippen LogP contribution in [0.15, 0.2) is 52.3 Å². The van der Waals surface area contributed by atoms with Gasteiger partial charge in [0.15, 0.2) is 0 Å². The summed E-state index contributed by atoms with van der Waals surface area (Å²) in [5.41, 5.74) is 0.478. The Morgan fingerprint density at radius 3 is 2.52 bits per heavy atom. The lowest BCUT2D eigenvalue weighted by molar-refractivity contribution is -0.118. The zero-order chi connectivity index (χ0) is 21.4. The third-order valence-electron chi connectivity index (χ3n) is 3.97. The molecule has 0 spiro atoms. The predicted molar refractivity (Wildman–Crippen MR) is 115 cm³/mol. The van der Waals surface area contributed by atoms with Gasteiger partial charge in [0.2, 0.25) is 15.9 Å². The number of thioether (sulfide) groups is 1. The molecule has 9 heteroatoms. The van der Waals surface area contributed by atoms with Crippen LogP contribution in [0.5, 0.6) is 11.5 Å². The zero-order valence-corrected chi connectivity index (χ0v) is 18.5. The molecule has 1 amide bonds. The van der Waals surface area contributed by atoms with Crippen molar-refractivity contribution >= 4 is 33.4 Å². The molecule has 7 nitrogen and oxygen atoms in total. The van der Waals surface area contributed by atoms with Gasteiger partial charge in [-0.25, -0.2) is 13.1 Å². The van der Waals surface area contributed by atoms with E-state index in [4.69, 9.17) is 9.47 Å². The fourth-order valence-electron chi connectivity index (χ4n) is 2.35. The maximum absolute atomic E-state index is 12.6. The van der Waals surface area contributed by atoms with Gasteiger partial charge in [-0.2, -0.15) is 0 Å². The highest BCUT2D eigenvalue weighted by Crippen LogP contribution is 2.28. The fraction of sp³-hybridized carbons (Fsp3) is 0.350. The van der Waals surface area contributed by atoms with E-state index in [0.717, 1.165) is 4.90 Å². The van der Waals surface area contributed by atoms with E-state index in [1.54, 1.807) is 51.3 Å². The summed E-state index contributed by atoms with van der Waals surface area (Å²) in [5, 5.41) is 2.78. The quantitative estimate of drug-likeness (QED) is 0.436. The lowest BCUT2D eigenvalue weighted by Gasteiger charge is -2.14. The Hall–Kier alpha value is -2.23. The SMILES string of the molecule is COc1cccc(OCCNS(=O)(=O)c2ccc(SC)c(NC(=O)C(C)C)c2)c1. The summed E-state index contributed by atoms with van der Waals surface area (Å²) in [4.78, 5) is 12.9. The number of sulfonamides is 1. The lowest BCUT2D eigenvalue weighted by Crippen LogP contribution is -2.28. The molecular weight excluding hydrogens is 412 g/mol. The second kappa shape index (κ2) is 10.5. The summed E-state index contributed by atoms with van der Waals surface area (Å²) in [6.45, 7) is 3.81. The molecule has 2 N–H and O–H groups in total. The summed E-state index contributed by atoms with van der Waals surface area (Å²) in [6, 6.07) is 11.7. The van der Waals surface area contributed by atoms with Crippen LogP contribution in [-0.4, -0.2) is 40.8 Å². The van der Waals surface area contributed by atoms with E-state index in [9.17, 15) is 13.2 Å². The molecule has 158 valence electrons. The van der Waals surface area contributed by atoms with Crippen molar-refractivity contribution in [1.82, 2.24) is 4.72 Å². The first-order chi connectivity index (χ1) is 13.8. The van der Waals surface area contributed by atoms with Crippen LogP contribution in [-0.2, 0) is 14.8 Å². The van der Waals surface area contributed by atoms with Crippen molar-refractivity contribution < 1.29 is 22.7 Å². The Balaban J connectivity index is 2.03. The van der Waals surface area contributed by atoms with Crippen molar-refractivity contribution in [3.63, 3.8) is 0 Å². The molecule has 0 aliphatic carbocycles. The number of carbonyl (C=O) groups is 1. The molecule has 0 heterocycles. The van der Waals surface area contributed by atoms with E-state index in [1.165, 1.54) is 23.9 Å². The highest BCUT2D eigenvalue weighted by Gasteiger charge is 2.17. The predicted octanol–water partition coefficient (Wildman–Crippen LogP) is 3.37. The van der Waals surface area contributed by atoms with Crippen molar-refractivity contribution in [3.05, 3.63) is 42.5 Å². The van der Waals surface area contributed by atoms with E-state index < -0.39 is 10.0 Å². The molecule has 0 saturated heterocycles. The molecule has 0 aliphatic rings. The number of amides is 1. The number of hydrogen-bond acceptors (Lipinski definition) is 6. The number of nitrogens with one attached hydrogen (secondary N) is 2. The first-order valence-electron chi connectivity index (χ1n) is 9.02. The Morgan fingerprint density at radius 2 is 1.86 bits per heavy atom. The number of hydrogen-bond donors (Lipinski definition) is 2. The largest absolute Gasteiger partial charge is 0.497 e. The fourth-order valence-corrected chi connectivity index (χ4v) is 3.92. The molecule has 0 unspecified atom stereocenters. The van der Waals surface area contributed by atoms with Crippen LogP contribution < -0.4 is 19.5 Å². The van der Waals surface area contributed by atoms with Crippen molar-refractivity contribution in [2.24, 2.45) is 5.92 Å². The molecule has 0 fully saturated rings. The number of ether oxygens (including phenoxy) is 2. The van der Waals surface area contributed by atoms with Crippen LogP contribution in [0.1, 0.15) is 13.8 Å². The monoisotopic (exact) mass is 438 g/mol. The third-order valence-corrected chi connectivity index (χ3v) is 6.22. The Labute approximate surface area is 176 Å². The van der Waals surface area contributed by atoms with E-state index in [1.807, 2.05) is 6.26 Å². The number of rotatable bonds is 10. The van der Waals surface area contributed by atoms with Gasteiger partial charge in [0, 0.05) is 23.4 Å². The van der Waals surface area contributed by atoms with Crippen molar-refractivity contribution in [2.45, 2.75) is 23.6 Å². The number of methoxy groups -OCH3 is 1. The van der Waals surface area contributed by atoms with Gasteiger partial charge in [0.1, 0.15) is 18.1 Å². The van der Waals surface area contributed by atoms with Gasteiger partial charge in [-0.3, -0.25) is 4.79 Å². The average molecular weight is 439 g/mol. The Kier molecular flexibility index (Phi) is 8.36. The maximum atomic E-state index is 12.6. The molecule has 0 bridgehead atoms. The van der Waals surface area contributed by atoms with Crippen LogP contribution in [0.25, 0.3) is 0 Å². The zero-order valence-electron chi connectivity index (χ0n) is 16.9. The minimum absolute atomic E-state index is 0.0794. The van der Waals surface area contributed by atoms with Gasteiger partial charge in [-0.1, -0.05) is 19.9 Å². The summed E-state index contributed by atoms with van der Waals surface area (Å²) in [6.07, 6.45) is 1.86. The van der Waals surface area contributed by atoms with Gasteiger partial charge in [-0.15, -0.1) is 11.8 Å². The maximum Gasteiger partial charge on any atom is 0.240 e. The van der Waals surface area contributed by atoms with Crippen LogP contribution in [0.3, 0.4) is 0 Å². The van der Waals surface area contributed by atoms with Crippen LogP contribution >= 0.6 is 11.8 Å². The molecule has 0 atom stereocenters.